The normalized spacial score (nSPS) is 14.5. The van der Waals surface area contributed by atoms with E-state index in [0.29, 0.717) is 66.5 Å². The third-order valence-electron chi connectivity index (χ3n) is 10.5. The predicted octanol–water partition coefficient (Wildman–Crippen LogP) is 6.84. The number of anilines is 3. The number of carbonyl (C=O) groups excluding carboxylic acids is 3. The van der Waals surface area contributed by atoms with Crippen molar-refractivity contribution in [3.8, 4) is 5.75 Å². The number of aromatic nitrogens is 4. The molecular formula is C44H62N10O4. The number of amides is 3. The van der Waals surface area contributed by atoms with Crippen molar-refractivity contribution in [1.82, 2.24) is 29.5 Å². The maximum absolute atomic E-state index is 13.6. The lowest BCUT2D eigenvalue weighted by Crippen LogP contribution is -2.36. The molecule has 7 N–H and O–H groups in total. The molecule has 0 saturated carbocycles. The number of aryl methyl sites for hydroxylation is 3. The van der Waals surface area contributed by atoms with Crippen molar-refractivity contribution >= 4 is 46.1 Å². The molecule has 4 aromatic rings. The topological polar surface area (TPSA) is 187 Å². The van der Waals surface area contributed by atoms with Gasteiger partial charge in [0, 0.05) is 43.9 Å². The zero-order chi connectivity index (χ0) is 41.6. The summed E-state index contributed by atoms with van der Waals surface area (Å²) in [7, 11) is 0. The van der Waals surface area contributed by atoms with Crippen LogP contribution in [-0.2, 0) is 13.1 Å². The molecule has 3 heterocycles. The van der Waals surface area contributed by atoms with Gasteiger partial charge in [0.15, 0.2) is 0 Å². The summed E-state index contributed by atoms with van der Waals surface area (Å²) in [4.78, 5) is 46.2. The molecule has 58 heavy (non-hydrogen) atoms. The molecule has 2 aromatic carbocycles. The van der Waals surface area contributed by atoms with E-state index in [4.69, 9.17) is 21.2 Å². The number of nitrogen functional groups attached to an aromatic ring is 1. The Kier molecular flexibility index (Phi) is 15.9. The van der Waals surface area contributed by atoms with Crippen LogP contribution in [0.3, 0.4) is 0 Å². The summed E-state index contributed by atoms with van der Waals surface area (Å²) in [5.41, 5.74) is 17.2. The van der Waals surface area contributed by atoms with Crippen LogP contribution >= 0.6 is 0 Å². The summed E-state index contributed by atoms with van der Waals surface area (Å²) in [5.74, 6) is 0.414. The molecule has 5 rings (SSSR count). The molecule has 1 saturated heterocycles. The maximum Gasteiger partial charge on any atom is 0.276 e. The van der Waals surface area contributed by atoms with Gasteiger partial charge in [0.25, 0.3) is 11.8 Å². The quantitative estimate of drug-likeness (QED) is 0.0323. The van der Waals surface area contributed by atoms with Crippen molar-refractivity contribution < 1.29 is 19.1 Å². The van der Waals surface area contributed by atoms with Crippen LogP contribution in [0.4, 0.5) is 17.3 Å². The lowest BCUT2D eigenvalue weighted by atomic mass is 9.93. The first-order chi connectivity index (χ1) is 28.0. The number of benzene rings is 2. The Morgan fingerprint density at radius 2 is 1.86 bits per heavy atom. The Bertz CT molecular complexity index is 2060. The lowest BCUT2D eigenvalue weighted by molar-refractivity contribution is 0.0950. The van der Waals surface area contributed by atoms with E-state index < -0.39 is 5.91 Å². The smallest absolute Gasteiger partial charge is 0.276 e. The van der Waals surface area contributed by atoms with Crippen LogP contribution in [0.25, 0.3) is 11.0 Å². The highest BCUT2D eigenvalue weighted by atomic mass is 16.5. The molecule has 1 aliphatic rings. The van der Waals surface area contributed by atoms with Crippen LogP contribution in [0.1, 0.15) is 108 Å². The van der Waals surface area contributed by atoms with Gasteiger partial charge in [-0.15, -0.1) is 6.58 Å². The van der Waals surface area contributed by atoms with E-state index in [-0.39, 0.29) is 23.3 Å². The number of carbonyl (C=O) groups is 3. The van der Waals surface area contributed by atoms with Crippen LogP contribution in [0.15, 0.2) is 55.1 Å². The maximum atomic E-state index is 13.6. The van der Waals surface area contributed by atoms with E-state index in [0.717, 1.165) is 55.1 Å². The van der Waals surface area contributed by atoms with Gasteiger partial charge in [0.1, 0.15) is 17.0 Å². The molecular weight excluding hydrogens is 733 g/mol. The molecule has 1 aliphatic heterocycles. The number of nitrogens with one attached hydrogen (secondary N) is 3. The fraction of sp³-hybridized carbons (Fsp3) is 0.477. The van der Waals surface area contributed by atoms with Gasteiger partial charge in [-0.05, 0) is 121 Å². The van der Waals surface area contributed by atoms with Crippen molar-refractivity contribution in [3.63, 3.8) is 0 Å². The minimum Gasteiger partial charge on any atom is -0.491 e. The number of nitrogens with zero attached hydrogens (tertiary/aromatic N) is 5. The molecule has 14 nitrogen and oxygen atoms in total. The van der Waals surface area contributed by atoms with Crippen molar-refractivity contribution in [1.29, 1.82) is 0 Å². The van der Waals surface area contributed by atoms with Crippen LogP contribution < -0.4 is 32.2 Å². The number of hydrogen-bond acceptors (Lipinski definition) is 9. The van der Waals surface area contributed by atoms with Gasteiger partial charge >= 0.3 is 0 Å². The highest BCUT2D eigenvalue weighted by molar-refractivity contribution is 6.04. The fourth-order valence-corrected chi connectivity index (χ4v) is 7.67. The molecule has 1 unspecified atom stereocenters. The van der Waals surface area contributed by atoms with E-state index in [2.05, 4.69) is 39.5 Å². The van der Waals surface area contributed by atoms with Gasteiger partial charge in [-0.3, -0.25) is 24.4 Å². The minimum atomic E-state index is -0.617. The van der Waals surface area contributed by atoms with E-state index in [1.54, 1.807) is 28.9 Å². The van der Waals surface area contributed by atoms with Gasteiger partial charge in [-0.2, -0.15) is 5.10 Å². The predicted molar refractivity (Wildman–Crippen MR) is 233 cm³/mol. The summed E-state index contributed by atoms with van der Waals surface area (Å²) in [5, 5.41) is 13.8. The number of likely N-dealkylation sites (tertiary alicyclic amines) is 1. The number of unbranched alkanes of at least 4 members (excludes halogenated alkanes) is 2. The molecule has 14 heteroatoms. The standard InChI is InChI=1S/C44H62N10O4/c1-6-9-14-23-58-38-28-33(41(46)55)27-36-40(38)53(44(49-36)50-43(57)37-25-31(5)51-54(37)8-3)22-13-11-18-47-39-30(4)24-34(26-35(39)45)42(56)48-19-10-12-20-52-21-15-17-32(29-52)16-7-2/h6,11,13,24-28,32,47H,1,7-10,12,14-23,29,45H2,2-5H3,(H2,46,55)(H,48,56)(H,49,50,57)/b13-11+. The fourth-order valence-electron chi connectivity index (χ4n) is 7.67. The number of rotatable bonds is 22. The van der Waals surface area contributed by atoms with Crippen LogP contribution in [0.5, 0.6) is 5.75 Å². The lowest BCUT2D eigenvalue weighted by Gasteiger charge is -2.32. The monoisotopic (exact) mass is 794 g/mol. The molecule has 3 amide bonds. The Labute approximate surface area is 342 Å². The summed E-state index contributed by atoms with van der Waals surface area (Å²) in [6.45, 7) is 17.5. The van der Waals surface area contributed by atoms with Crippen molar-refractivity contribution in [2.45, 2.75) is 92.2 Å². The summed E-state index contributed by atoms with van der Waals surface area (Å²) in [6.07, 6.45) is 14.4. The highest BCUT2D eigenvalue weighted by Crippen LogP contribution is 2.32. The second-order valence-electron chi connectivity index (χ2n) is 15.1. The minimum absolute atomic E-state index is 0.126. The number of piperidine rings is 1. The van der Waals surface area contributed by atoms with Crippen LogP contribution in [0.2, 0.25) is 0 Å². The van der Waals surface area contributed by atoms with Crippen molar-refractivity contribution in [2.75, 3.05) is 55.7 Å². The Morgan fingerprint density at radius 3 is 2.60 bits per heavy atom. The summed E-state index contributed by atoms with van der Waals surface area (Å²) in [6, 6.07) is 8.50. The molecule has 2 aromatic heterocycles. The average molecular weight is 795 g/mol. The first kappa shape index (κ1) is 43.5. The first-order valence-corrected chi connectivity index (χ1v) is 20.8. The van der Waals surface area contributed by atoms with Gasteiger partial charge in [0.05, 0.1) is 29.2 Å². The van der Waals surface area contributed by atoms with E-state index in [9.17, 15) is 14.4 Å². The van der Waals surface area contributed by atoms with Crippen molar-refractivity contribution in [2.24, 2.45) is 11.7 Å². The molecule has 0 bridgehead atoms. The van der Waals surface area contributed by atoms with Crippen molar-refractivity contribution in [3.05, 3.63) is 83.2 Å². The number of imidazole rings is 1. The second kappa shape index (κ2) is 21.2. The SMILES string of the molecule is C=CCCCOc1cc(C(N)=O)cc2nc(NC(=O)c3cc(C)nn3CC)n(C/C=C/CNc3c(C)cc(C(=O)NCCCCN4CCCC(CCC)C4)cc3N)c12. The Balaban J connectivity index is 1.24. The third kappa shape index (κ3) is 11.5. The van der Waals surface area contributed by atoms with Gasteiger partial charge < -0.3 is 36.3 Å². The molecule has 0 radical (unpaired) electrons. The van der Waals surface area contributed by atoms with Crippen LogP contribution in [-0.4, -0.2) is 81.3 Å². The highest BCUT2D eigenvalue weighted by Gasteiger charge is 2.22. The Hall–Kier alpha value is -5.63. The third-order valence-corrected chi connectivity index (χ3v) is 10.5. The zero-order valence-electron chi connectivity index (χ0n) is 34.7. The molecule has 0 aliphatic carbocycles. The van der Waals surface area contributed by atoms with Crippen LogP contribution in [0, 0.1) is 19.8 Å². The number of allylic oxidation sites excluding steroid dienone is 2. The van der Waals surface area contributed by atoms with E-state index >= 15 is 0 Å². The number of fused-ring (bicyclic) bond motifs is 1. The molecule has 1 atom stereocenters. The van der Waals surface area contributed by atoms with Gasteiger partial charge in [-0.25, -0.2) is 4.98 Å². The Morgan fingerprint density at radius 1 is 1.03 bits per heavy atom. The summed E-state index contributed by atoms with van der Waals surface area (Å²) < 4.78 is 9.64. The molecule has 312 valence electrons. The zero-order valence-corrected chi connectivity index (χ0v) is 34.7. The molecule has 1 fully saturated rings. The van der Waals surface area contributed by atoms with Gasteiger partial charge in [0.2, 0.25) is 11.9 Å². The number of hydrogen-bond donors (Lipinski definition) is 5. The number of nitrogens with two attached hydrogens (primary N) is 2. The van der Waals surface area contributed by atoms with E-state index in [1.165, 1.54) is 38.8 Å². The average Bonchev–Trinajstić information content (AvgIpc) is 3.76. The van der Waals surface area contributed by atoms with E-state index in [1.807, 2.05) is 49.6 Å². The van der Waals surface area contributed by atoms with Gasteiger partial charge in [-0.1, -0.05) is 31.6 Å². The summed E-state index contributed by atoms with van der Waals surface area (Å²) >= 11 is 0. The first-order valence-electron chi connectivity index (χ1n) is 20.8. The largest absolute Gasteiger partial charge is 0.491 e. The number of ether oxygens (including phenoxy) is 1. The molecule has 0 spiro atoms. The second-order valence-corrected chi connectivity index (χ2v) is 15.1. The number of primary amides is 1.